The van der Waals surface area contributed by atoms with E-state index in [-0.39, 0.29) is 5.91 Å². The van der Waals surface area contributed by atoms with Gasteiger partial charge in [0.05, 0.1) is 13.5 Å². The van der Waals surface area contributed by atoms with Gasteiger partial charge in [0.15, 0.2) is 0 Å². The molecule has 25 heavy (non-hydrogen) atoms. The average Bonchev–Trinajstić information content (AvgIpc) is 3.12. The van der Waals surface area contributed by atoms with Crippen molar-refractivity contribution in [1.82, 2.24) is 15.5 Å². The number of rotatable bonds is 7. The standard InChI is InChI=1S/C19H19N3O3/c1-24-16-9-7-14(8-10-16)13-17(23)20-12-11-18-21-22-19(25-18)15-5-3-2-4-6-15/h2-10H,11-13H2,1H3,(H,20,23). The highest BCUT2D eigenvalue weighted by molar-refractivity contribution is 5.78. The minimum Gasteiger partial charge on any atom is -0.497 e. The van der Waals surface area contributed by atoms with Gasteiger partial charge in [0, 0.05) is 18.5 Å². The van der Waals surface area contributed by atoms with Gasteiger partial charge in [0.2, 0.25) is 17.7 Å². The molecule has 1 heterocycles. The lowest BCUT2D eigenvalue weighted by atomic mass is 10.1. The minimum absolute atomic E-state index is 0.0482. The molecule has 0 unspecified atom stereocenters. The second-order valence-electron chi connectivity index (χ2n) is 5.49. The van der Waals surface area contributed by atoms with Gasteiger partial charge in [-0.1, -0.05) is 30.3 Å². The van der Waals surface area contributed by atoms with E-state index in [1.165, 1.54) is 0 Å². The number of hydrogen-bond donors (Lipinski definition) is 1. The Morgan fingerprint density at radius 3 is 2.56 bits per heavy atom. The van der Waals surface area contributed by atoms with Crippen LogP contribution in [0, 0.1) is 0 Å². The first-order valence-corrected chi connectivity index (χ1v) is 8.02. The molecule has 0 bridgehead atoms. The first-order valence-electron chi connectivity index (χ1n) is 8.02. The Kier molecular flexibility index (Phi) is 5.41. The van der Waals surface area contributed by atoms with Crippen LogP contribution in [0.1, 0.15) is 11.5 Å². The molecule has 0 aliphatic carbocycles. The Balaban J connectivity index is 1.46. The molecule has 3 rings (SSSR count). The molecule has 3 aromatic rings. The van der Waals surface area contributed by atoms with Crippen molar-refractivity contribution in [3.05, 3.63) is 66.1 Å². The van der Waals surface area contributed by atoms with Crippen LogP contribution in [-0.4, -0.2) is 29.8 Å². The van der Waals surface area contributed by atoms with Gasteiger partial charge in [-0.2, -0.15) is 0 Å². The molecule has 1 aromatic heterocycles. The van der Waals surface area contributed by atoms with E-state index in [0.717, 1.165) is 16.9 Å². The molecule has 128 valence electrons. The van der Waals surface area contributed by atoms with Crippen molar-refractivity contribution in [3.63, 3.8) is 0 Å². The Hall–Kier alpha value is -3.15. The van der Waals surface area contributed by atoms with E-state index in [1.54, 1.807) is 7.11 Å². The van der Waals surface area contributed by atoms with E-state index >= 15 is 0 Å². The highest BCUT2D eigenvalue weighted by atomic mass is 16.5. The molecule has 0 spiro atoms. The molecule has 1 amide bonds. The minimum atomic E-state index is -0.0482. The number of ether oxygens (including phenoxy) is 1. The fraction of sp³-hybridized carbons (Fsp3) is 0.211. The molecule has 0 aliphatic heterocycles. The highest BCUT2D eigenvalue weighted by Crippen LogP contribution is 2.17. The molecular weight excluding hydrogens is 318 g/mol. The zero-order chi connectivity index (χ0) is 17.5. The van der Waals surface area contributed by atoms with Crippen LogP contribution in [0.25, 0.3) is 11.5 Å². The lowest BCUT2D eigenvalue weighted by Gasteiger charge is -2.05. The lowest BCUT2D eigenvalue weighted by Crippen LogP contribution is -2.27. The summed E-state index contributed by atoms with van der Waals surface area (Å²) in [5.41, 5.74) is 1.81. The van der Waals surface area contributed by atoms with Crippen molar-refractivity contribution in [2.75, 3.05) is 13.7 Å². The first kappa shape index (κ1) is 16.7. The third kappa shape index (κ3) is 4.67. The van der Waals surface area contributed by atoms with E-state index in [2.05, 4.69) is 15.5 Å². The van der Waals surface area contributed by atoms with Crippen molar-refractivity contribution < 1.29 is 13.9 Å². The van der Waals surface area contributed by atoms with Crippen molar-refractivity contribution in [3.8, 4) is 17.2 Å². The third-order valence-corrected chi connectivity index (χ3v) is 3.67. The predicted octanol–water partition coefficient (Wildman–Crippen LogP) is 2.65. The van der Waals surface area contributed by atoms with Gasteiger partial charge in [0.1, 0.15) is 5.75 Å². The number of carbonyl (C=O) groups excluding carboxylic acids is 1. The van der Waals surface area contributed by atoms with Crippen LogP contribution in [0.3, 0.4) is 0 Å². The Morgan fingerprint density at radius 2 is 1.84 bits per heavy atom. The molecular formula is C19H19N3O3. The van der Waals surface area contributed by atoms with E-state index in [4.69, 9.17) is 9.15 Å². The van der Waals surface area contributed by atoms with Gasteiger partial charge in [-0.15, -0.1) is 10.2 Å². The molecule has 6 heteroatoms. The third-order valence-electron chi connectivity index (χ3n) is 3.67. The van der Waals surface area contributed by atoms with Crippen molar-refractivity contribution in [2.45, 2.75) is 12.8 Å². The number of carbonyl (C=O) groups is 1. The summed E-state index contributed by atoms with van der Waals surface area (Å²) in [6, 6.07) is 17.0. The monoisotopic (exact) mass is 337 g/mol. The van der Waals surface area contributed by atoms with Crippen molar-refractivity contribution >= 4 is 5.91 Å². The summed E-state index contributed by atoms with van der Waals surface area (Å²) < 4.78 is 10.7. The highest BCUT2D eigenvalue weighted by Gasteiger charge is 2.09. The van der Waals surface area contributed by atoms with E-state index in [9.17, 15) is 4.79 Å². The van der Waals surface area contributed by atoms with Crippen LogP contribution in [0.4, 0.5) is 0 Å². The number of hydrogen-bond acceptors (Lipinski definition) is 5. The maximum absolute atomic E-state index is 12.0. The van der Waals surface area contributed by atoms with Crippen LogP contribution < -0.4 is 10.1 Å². The summed E-state index contributed by atoms with van der Waals surface area (Å²) in [5, 5.41) is 10.9. The zero-order valence-electron chi connectivity index (χ0n) is 13.9. The van der Waals surface area contributed by atoms with Gasteiger partial charge < -0.3 is 14.5 Å². The van der Waals surface area contributed by atoms with Gasteiger partial charge in [-0.3, -0.25) is 4.79 Å². The summed E-state index contributed by atoms with van der Waals surface area (Å²) in [6.45, 7) is 0.450. The second kappa shape index (κ2) is 8.10. The summed E-state index contributed by atoms with van der Waals surface area (Å²) >= 11 is 0. The van der Waals surface area contributed by atoms with Crippen molar-refractivity contribution in [1.29, 1.82) is 0 Å². The van der Waals surface area contributed by atoms with E-state index in [1.807, 2.05) is 54.6 Å². The summed E-state index contributed by atoms with van der Waals surface area (Å²) in [5.74, 6) is 1.71. The molecule has 2 aromatic carbocycles. The molecule has 0 saturated carbocycles. The maximum atomic E-state index is 12.0. The van der Waals surface area contributed by atoms with Crippen LogP contribution >= 0.6 is 0 Å². The summed E-state index contributed by atoms with van der Waals surface area (Å²) in [6.07, 6.45) is 0.817. The lowest BCUT2D eigenvalue weighted by molar-refractivity contribution is -0.120. The molecule has 6 nitrogen and oxygen atoms in total. The number of aromatic nitrogens is 2. The van der Waals surface area contributed by atoms with Crippen molar-refractivity contribution in [2.24, 2.45) is 0 Å². The largest absolute Gasteiger partial charge is 0.497 e. The molecule has 0 radical (unpaired) electrons. The zero-order valence-corrected chi connectivity index (χ0v) is 13.9. The quantitative estimate of drug-likeness (QED) is 0.717. The topological polar surface area (TPSA) is 77.2 Å². The van der Waals surface area contributed by atoms with E-state index in [0.29, 0.717) is 31.2 Å². The van der Waals surface area contributed by atoms with Gasteiger partial charge >= 0.3 is 0 Å². The molecule has 0 fully saturated rings. The Bertz CT molecular complexity index is 813. The van der Waals surface area contributed by atoms with Crippen LogP contribution in [-0.2, 0) is 17.6 Å². The van der Waals surface area contributed by atoms with E-state index < -0.39 is 0 Å². The first-order chi connectivity index (χ1) is 12.2. The van der Waals surface area contributed by atoms with Crippen LogP contribution in [0.2, 0.25) is 0 Å². The van der Waals surface area contributed by atoms with Crippen LogP contribution in [0.5, 0.6) is 5.75 Å². The SMILES string of the molecule is COc1ccc(CC(=O)NCCc2nnc(-c3ccccc3)o2)cc1. The number of amides is 1. The Labute approximate surface area is 145 Å². The normalized spacial score (nSPS) is 10.4. The Morgan fingerprint density at radius 1 is 1.08 bits per heavy atom. The molecule has 0 aliphatic rings. The second-order valence-corrected chi connectivity index (χ2v) is 5.49. The van der Waals surface area contributed by atoms with Gasteiger partial charge in [0.25, 0.3) is 0 Å². The fourth-order valence-corrected chi connectivity index (χ4v) is 2.35. The average molecular weight is 337 g/mol. The van der Waals surface area contributed by atoms with Gasteiger partial charge in [-0.25, -0.2) is 0 Å². The van der Waals surface area contributed by atoms with Gasteiger partial charge in [-0.05, 0) is 29.8 Å². The number of methoxy groups -OCH3 is 1. The summed E-state index contributed by atoms with van der Waals surface area (Å²) in [4.78, 5) is 12.0. The maximum Gasteiger partial charge on any atom is 0.247 e. The number of nitrogens with one attached hydrogen (secondary N) is 1. The number of nitrogens with zero attached hydrogens (tertiary/aromatic N) is 2. The molecule has 1 N–H and O–H groups in total. The predicted molar refractivity (Wildman–Crippen MR) is 93.1 cm³/mol. The molecule has 0 atom stereocenters. The smallest absolute Gasteiger partial charge is 0.247 e. The molecule has 0 saturated heterocycles. The number of benzene rings is 2. The fourth-order valence-electron chi connectivity index (χ4n) is 2.35. The van der Waals surface area contributed by atoms with Crippen LogP contribution in [0.15, 0.2) is 59.0 Å². The summed E-state index contributed by atoms with van der Waals surface area (Å²) in [7, 11) is 1.61.